The van der Waals surface area contributed by atoms with Crippen molar-refractivity contribution in [2.75, 3.05) is 30.0 Å². The van der Waals surface area contributed by atoms with Crippen molar-refractivity contribution < 1.29 is 43.9 Å². The molecule has 0 radical (unpaired) electrons. The van der Waals surface area contributed by atoms with Gasteiger partial charge in [0, 0.05) is 24.3 Å². The van der Waals surface area contributed by atoms with Gasteiger partial charge in [-0.05, 0) is 12.8 Å². The lowest BCUT2D eigenvalue weighted by Crippen LogP contribution is -2.38. The van der Waals surface area contributed by atoms with Gasteiger partial charge in [0.25, 0.3) is 0 Å². The minimum atomic E-state index is -1.34. The Labute approximate surface area is 238 Å². The second-order valence-corrected chi connectivity index (χ2v) is 10.7. The van der Waals surface area contributed by atoms with Crippen molar-refractivity contribution in [3.63, 3.8) is 0 Å². The monoisotopic (exact) mass is 589 g/mol. The maximum atomic E-state index is 12.6. The normalized spacial score (nSPS) is 22.1. The molecule has 6 atom stereocenters. The highest BCUT2D eigenvalue weighted by atomic mass is 32.2. The molecule has 14 nitrogen and oxygen atoms in total. The van der Waals surface area contributed by atoms with Gasteiger partial charge in [-0.25, -0.2) is 4.68 Å². The number of rotatable bonds is 19. The molecule has 1 fully saturated rings. The number of carbonyl (C=O) groups excluding carboxylic acids is 3. The van der Waals surface area contributed by atoms with E-state index in [9.17, 15) is 29.7 Å². The molecule has 6 N–H and O–H groups in total. The lowest BCUT2D eigenvalue weighted by atomic mass is 10.1. The Kier molecular flexibility index (Phi) is 15.4. The van der Waals surface area contributed by atoms with E-state index in [-0.39, 0.29) is 42.3 Å². The van der Waals surface area contributed by atoms with Gasteiger partial charge in [-0.3, -0.25) is 14.4 Å². The fraction of sp³-hybridized carbons (Fsp3) is 0.800. The molecule has 1 unspecified atom stereocenters. The van der Waals surface area contributed by atoms with E-state index in [1.807, 2.05) is 13.8 Å². The molecule has 1 aliphatic heterocycles. The van der Waals surface area contributed by atoms with E-state index in [0.717, 1.165) is 43.2 Å². The minimum Gasteiger partial charge on any atom is -0.462 e. The number of thioether (sulfide) groups is 1. The van der Waals surface area contributed by atoms with Crippen molar-refractivity contribution in [2.24, 2.45) is 5.73 Å². The fourth-order valence-corrected chi connectivity index (χ4v) is 4.80. The number of nitrogens with one attached hydrogen (secondary N) is 1. The van der Waals surface area contributed by atoms with Crippen molar-refractivity contribution in [1.82, 2.24) is 15.0 Å². The molecule has 2 heterocycles. The maximum absolute atomic E-state index is 12.6. The van der Waals surface area contributed by atoms with Gasteiger partial charge in [0.2, 0.25) is 5.91 Å². The van der Waals surface area contributed by atoms with Crippen molar-refractivity contribution in [1.29, 1.82) is 0 Å². The lowest BCUT2D eigenvalue weighted by molar-refractivity contribution is -0.157. The van der Waals surface area contributed by atoms with Gasteiger partial charge in [0.1, 0.15) is 31.0 Å². The Morgan fingerprint density at radius 2 is 1.77 bits per heavy atom. The van der Waals surface area contributed by atoms with Crippen molar-refractivity contribution >= 4 is 35.4 Å². The molecule has 1 amide bonds. The van der Waals surface area contributed by atoms with Crippen LogP contribution in [0.2, 0.25) is 0 Å². The quantitative estimate of drug-likeness (QED) is 0.110. The third-order valence-electron chi connectivity index (χ3n) is 6.17. The summed E-state index contributed by atoms with van der Waals surface area (Å²) < 4.78 is 17.4. The first-order valence-electron chi connectivity index (χ1n) is 13.7. The Morgan fingerprint density at radius 1 is 1.10 bits per heavy atom. The summed E-state index contributed by atoms with van der Waals surface area (Å²) in [4.78, 5) is 36.8. The van der Waals surface area contributed by atoms with Crippen LogP contribution in [0.4, 0.5) is 5.82 Å². The summed E-state index contributed by atoms with van der Waals surface area (Å²) in [5.41, 5.74) is 6.02. The van der Waals surface area contributed by atoms with E-state index < -0.39 is 49.2 Å². The molecule has 1 aromatic heterocycles. The summed E-state index contributed by atoms with van der Waals surface area (Å²) in [6, 6.07) is -0.943. The van der Waals surface area contributed by atoms with Gasteiger partial charge >= 0.3 is 11.9 Å². The predicted molar refractivity (Wildman–Crippen MR) is 146 cm³/mol. The summed E-state index contributed by atoms with van der Waals surface area (Å²) in [5, 5.41) is 39.4. The largest absolute Gasteiger partial charge is 0.462 e. The maximum Gasteiger partial charge on any atom is 0.306 e. The van der Waals surface area contributed by atoms with Gasteiger partial charge in [0.05, 0.1) is 18.8 Å². The van der Waals surface area contributed by atoms with Crippen LogP contribution in [0, 0.1) is 0 Å². The fourth-order valence-electron chi connectivity index (χ4n) is 3.84. The zero-order valence-electron chi connectivity index (χ0n) is 23.1. The van der Waals surface area contributed by atoms with Crippen LogP contribution < -0.4 is 11.1 Å². The molecule has 1 aliphatic rings. The van der Waals surface area contributed by atoms with Crippen molar-refractivity contribution in [2.45, 2.75) is 102 Å². The molecule has 40 heavy (non-hydrogen) atoms. The highest BCUT2D eigenvalue weighted by Crippen LogP contribution is 2.29. The van der Waals surface area contributed by atoms with Gasteiger partial charge < -0.3 is 40.6 Å². The zero-order valence-corrected chi connectivity index (χ0v) is 24.0. The number of ether oxygens (including phenoxy) is 3. The number of hydrogen-bond donors (Lipinski definition) is 5. The number of hydrogen-bond acceptors (Lipinski definition) is 13. The third kappa shape index (κ3) is 11.3. The van der Waals surface area contributed by atoms with E-state index in [2.05, 4.69) is 15.6 Å². The predicted octanol–water partition coefficient (Wildman–Crippen LogP) is 0.504. The summed E-state index contributed by atoms with van der Waals surface area (Å²) >= 11 is 1.28. The molecule has 2 rings (SSSR count). The van der Waals surface area contributed by atoms with Crippen LogP contribution in [0.3, 0.4) is 0 Å². The summed E-state index contributed by atoms with van der Waals surface area (Å²) in [6.45, 7) is 3.53. The van der Waals surface area contributed by atoms with E-state index >= 15 is 0 Å². The molecule has 0 bridgehead atoms. The third-order valence-corrected chi connectivity index (χ3v) is 7.38. The number of aliphatic hydroxyl groups is 3. The average molecular weight is 590 g/mol. The van der Waals surface area contributed by atoms with Crippen LogP contribution in [0.1, 0.15) is 71.4 Å². The molecule has 228 valence electrons. The molecule has 0 aliphatic carbocycles. The number of unbranched alkanes of at least 4 members (excludes halogenated alkanes) is 4. The van der Waals surface area contributed by atoms with Gasteiger partial charge in [0.15, 0.2) is 12.0 Å². The van der Waals surface area contributed by atoms with E-state index in [4.69, 9.17) is 19.9 Å². The smallest absolute Gasteiger partial charge is 0.306 e. The second kappa shape index (κ2) is 18.2. The minimum absolute atomic E-state index is 0.0528. The first kappa shape index (κ1) is 33.9. The van der Waals surface area contributed by atoms with E-state index in [1.54, 1.807) is 0 Å². The first-order valence-corrected chi connectivity index (χ1v) is 14.9. The van der Waals surface area contributed by atoms with Crippen LogP contribution in [0.15, 0.2) is 6.20 Å². The highest BCUT2D eigenvalue weighted by molar-refractivity contribution is 7.99. The van der Waals surface area contributed by atoms with E-state index in [1.165, 1.54) is 18.0 Å². The number of amides is 1. The number of carbonyl (C=O) groups is 3. The average Bonchev–Trinajstić information content (AvgIpc) is 3.50. The molecular weight excluding hydrogens is 546 g/mol. The lowest BCUT2D eigenvalue weighted by Gasteiger charge is -2.19. The summed E-state index contributed by atoms with van der Waals surface area (Å²) in [7, 11) is 0. The molecule has 1 saturated heterocycles. The van der Waals surface area contributed by atoms with Gasteiger partial charge in [-0.2, -0.15) is 11.8 Å². The van der Waals surface area contributed by atoms with Gasteiger partial charge in [-0.15, -0.1) is 5.10 Å². The molecule has 0 saturated carbocycles. The van der Waals surface area contributed by atoms with Crippen LogP contribution in [-0.2, 0) is 28.6 Å². The molecule has 0 spiro atoms. The SMILES string of the molecule is CCCCCC(=O)OC[C@H](CSC[C@@H](N)C(=O)Nc1cn([C@H]2OC(CO)[C@@H](O)[C@@H]2O)nn1)OC(=O)CCCCC. The summed E-state index contributed by atoms with van der Waals surface area (Å²) in [6.07, 6.45) is 1.79. The number of aromatic nitrogens is 3. The van der Waals surface area contributed by atoms with Crippen molar-refractivity contribution in [3.8, 4) is 0 Å². The number of nitrogens with zero attached hydrogens (tertiary/aromatic N) is 3. The molecular formula is C25H43N5O9S. The van der Waals surface area contributed by atoms with Crippen LogP contribution in [0.5, 0.6) is 0 Å². The zero-order chi connectivity index (χ0) is 29.5. The van der Waals surface area contributed by atoms with Crippen LogP contribution >= 0.6 is 11.8 Å². The van der Waals surface area contributed by atoms with Crippen molar-refractivity contribution in [3.05, 3.63) is 6.20 Å². The summed E-state index contributed by atoms with van der Waals surface area (Å²) in [5.74, 6) is -0.729. The van der Waals surface area contributed by atoms with E-state index in [0.29, 0.717) is 6.42 Å². The number of esters is 2. The Hall–Kier alpha value is -2.30. The highest BCUT2D eigenvalue weighted by Gasteiger charge is 2.44. The first-order chi connectivity index (χ1) is 19.2. The number of nitrogens with two attached hydrogens (primary N) is 1. The molecule has 15 heteroatoms. The standard InChI is InChI=1S/C25H43N5O9S/c1-3-5-7-9-20(32)37-13-16(38-21(33)10-8-6-4-2)14-40-15-17(26)24(36)27-19-11-30(29-28-19)25-23(35)22(34)18(12-31)39-25/h11,16-18,22-23,25,31,34-35H,3-10,12-15,26H2,1-2H3,(H,27,36)/t16-,17-,18?,22-,23+,25+/m1/s1. The number of aliphatic hydroxyl groups excluding tert-OH is 3. The van der Waals surface area contributed by atoms with Crippen LogP contribution in [-0.4, -0.2) is 103 Å². The second-order valence-electron chi connectivity index (χ2n) is 9.65. The number of anilines is 1. The molecule has 0 aromatic carbocycles. The molecule has 1 aromatic rings. The van der Waals surface area contributed by atoms with Gasteiger partial charge in [-0.1, -0.05) is 44.7 Å². The Bertz CT molecular complexity index is 921. The topological polar surface area (TPSA) is 208 Å². The Balaban J connectivity index is 1.83. The Morgan fingerprint density at radius 3 is 2.40 bits per heavy atom. The van der Waals surface area contributed by atoms with Crippen LogP contribution in [0.25, 0.3) is 0 Å².